The van der Waals surface area contributed by atoms with Crippen molar-refractivity contribution in [3.63, 3.8) is 0 Å². The number of H-pyrrole nitrogens is 1. The minimum absolute atomic E-state index is 0.119. The second-order valence-electron chi connectivity index (χ2n) is 5.19. The van der Waals surface area contributed by atoms with E-state index in [9.17, 15) is 4.39 Å². The highest BCUT2D eigenvalue weighted by atomic mass is 19.1. The summed E-state index contributed by atoms with van der Waals surface area (Å²) in [4.78, 5) is 7.66. The van der Waals surface area contributed by atoms with Gasteiger partial charge in [-0.2, -0.15) is 0 Å². The second-order valence-corrected chi connectivity index (χ2v) is 5.19. The molecule has 19 heavy (non-hydrogen) atoms. The minimum atomic E-state index is -0.175. The molecule has 4 rings (SSSR count). The molecular formula is C16H13FN2. The highest BCUT2D eigenvalue weighted by molar-refractivity contribution is 5.77. The number of aromatic nitrogens is 2. The van der Waals surface area contributed by atoms with Crippen LogP contribution in [0.5, 0.6) is 0 Å². The lowest BCUT2D eigenvalue weighted by Crippen LogP contribution is -2.11. The predicted octanol–water partition coefficient (Wildman–Crippen LogP) is 3.78. The molecule has 0 amide bonds. The van der Waals surface area contributed by atoms with Gasteiger partial charge in [0.25, 0.3) is 0 Å². The third-order valence-corrected chi connectivity index (χ3v) is 4.05. The summed E-state index contributed by atoms with van der Waals surface area (Å²) in [6, 6.07) is 13.1. The van der Waals surface area contributed by atoms with Crippen LogP contribution in [-0.2, 0) is 5.41 Å². The molecule has 3 heteroatoms. The van der Waals surface area contributed by atoms with Crippen molar-refractivity contribution in [1.82, 2.24) is 9.97 Å². The molecule has 0 unspecified atom stereocenters. The van der Waals surface area contributed by atoms with E-state index in [-0.39, 0.29) is 11.2 Å². The number of nitrogens with one attached hydrogen (secondary N) is 1. The molecule has 0 radical (unpaired) electrons. The fourth-order valence-electron chi connectivity index (χ4n) is 2.87. The summed E-state index contributed by atoms with van der Waals surface area (Å²) in [6.45, 7) is 0. The molecule has 1 aliphatic rings. The second kappa shape index (κ2) is 3.67. The molecule has 1 saturated carbocycles. The largest absolute Gasteiger partial charge is 0.342 e. The molecule has 0 spiro atoms. The number of hydrogen-bond donors (Lipinski definition) is 1. The Hall–Kier alpha value is -2.16. The Morgan fingerprint density at radius 3 is 2.68 bits per heavy atom. The van der Waals surface area contributed by atoms with Crippen molar-refractivity contribution in [2.45, 2.75) is 18.3 Å². The lowest BCUT2D eigenvalue weighted by molar-refractivity contribution is 0.592. The summed E-state index contributed by atoms with van der Waals surface area (Å²) in [5.41, 5.74) is 2.57. The summed E-state index contributed by atoms with van der Waals surface area (Å²) in [7, 11) is 0. The van der Waals surface area contributed by atoms with Crippen LogP contribution in [0.4, 0.5) is 4.39 Å². The van der Waals surface area contributed by atoms with Crippen molar-refractivity contribution >= 4 is 11.0 Å². The number of hydrogen-bond acceptors (Lipinski definition) is 1. The smallest absolute Gasteiger partial charge is 0.137 e. The zero-order valence-electron chi connectivity index (χ0n) is 10.4. The normalized spacial score (nSPS) is 16.7. The van der Waals surface area contributed by atoms with Gasteiger partial charge in [0.2, 0.25) is 0 Å². The van der Waals surface area contributed by atoms with Crippen LogP contribution in [0.3, 0.4) is 0 Å². The van der Waals surface area contributed by atoms with Gasteiger partial charge in [-0.1, -0.05) is 18.2 Å². The first-order valence-corrected chi connectivity index (χ1v) is 6.49. The zero-order valence-corrected chi connectivity index (χ0v) is 10.4. The van der Waals surface area contributed by atoms with E-state index in [4.69, 9.17) is 0 Å². The van der Waals surface area contributed by atoms with Crippen LogP contribution in [0.15, 0.2) is 48.7 Å². The number of fused-ring (bicyclic) bond motifs is 1. The van der Waals surface area contributed by atoms with Gasteiger partial charge in [0, 0.05) is 22.7 Å². The maximum Gasteiger partial charge on any atom is 0.137 e. The van der Waals surface area contributed by atoms with Gasteiger partial charge < -0.3 is 4.98 Å². The van der Waals surface area contributed by atoms with E-state index < -0.39 is 0 Å². The molecule has 1 aromatic carbocycles. The van der Waals surface area contributed by atoms with Crippen molar-refractivity contribution in [2.75, 3.05) is 0 Å². The van der Waals surface area contributed by atoms with Crippen LogP contribution in [0.2, 0.25) is 0 Å². The van der Waals surface area contributed by atoms with Gasteiger partial charge in [-0.25, -0.2) is 9.37 Å². The van der Waals surface area contributed by atoms with E-state index >= 15 is 0 Å². The number of halogens is 1. The average Bonchev–Trinajstić information content (AvgIpc) is 3.12. The molecule has 1 aliphatic carbocycles. The Morgan fingerprint density at radius 1 is 1.11 bits per heavy atom. The standard InChI is InChI=1S/C16H13FN2/c17-13-6-2-1-5-12(13)16(7-8-16)14-10-11-4-3-9-18-15(11)19-14/h1-6,9-10H,7-8H2,(H,18,19). The first-order chi connectivity index (χ1) is 9.29. The Labute approximate surface area is 110 Å². The SMILES string of the molecule is Fc1ccccc1C1(c2cc3cccnc3[nH]2)CC1. The van der Waals surface area contributed by atoms with Gasteiger partial charge in [-0.3, -0.25) is 0 Å². The lowest BCUT2D eigenvalue weighted by Gasteiger charge is -2.14. The highest BCUT2D eigenvalue weighted by Gasteiger charge is 2.48. The van der Waals surface area contributed by atoms with E-state index in [1.165, 1.54) is 6.07 Å². The van der Waals surface area contributed by atoms with Crippen LogP contribution in [-0.4, -0.2) is 9.97 Å². The number of pyridine rings is 1. The average molecular weight is 252 g/mol. The van der Waals surface area contributed by atoms with E-state index in [0.717, 1.165) is 35.1 Å². The van der Waals surface area contributed by atoms with Gasteiger partial charge in [0.15, 0.2) is 0 Å². The van der Waals surface area contributed by atoms with Crippen molar-refractivity contribution in [3.05, 3.63) is 65.7 Å². The number of benzene rings is 1. The molecule has 1 fully saturated rings. The van der Waals surface area contributed by atoms with Gasteiger partial charge in [0.05, 0.1) is 0 Å². The quantitative estimate of drug-likeness (QED) is 0.738. The van der Waals surface area contributed by atoms with E-state index in [0.29, 0.717) is 0 Å². The minimum Gasteiger partial charge on any atom is -0.342 e. The van der Waals surface area contributed by atoms with Crippen LogP contribution >= 0.6 is 0 Å². The fourth-order valence-corrected chi connectivity index (χ4v) is 2.87. The molecule has 2 nitrogen and oxygen atoms in total. The molecule has 1 N–H and O–H groups in total. The number of aromatic amines is 1. The van der Waals surface area contributed by atoms with Crippen LogP contribution < -0.4 is 0 Å². The topological polar surface area (TPSA) is 28.7 Å². The van der Waals surface area contributed by atoms with Crippen molar-refractivity contribution in [1.29, 1.82) is 0 Å². The van der Waals surface area contributed by atoms with Crippen molar-refractivity contribution in [3.8, 4) is 0 Å². The maximum atomic E-state index is 14.0. The van der Waals surface area contributed by atoms with Gasteiger partial charge in [-0.15, -0.1) is 0 Å². The van der Waals surface area contributed by atoms with Crippen molar-refractivity contribution < 1.29 is 4.39 Å². The summed E-state index contributed by atoms with van der Waals surface area (Å²) >= 11 is 0. The molecule has 2 aromatic heterocycles. The summed E-state index contributed by atoms with van der Waals surface area (Å²) in [5, 5.41) is 1.08. The fraction of sp³-hybridized carbons (Fsp3) is 0.188. The van der Waals surface area contributed by atoms with Gasteiger partial charge in [-0.05, 0) is 42.7 Å². The molecule has 3 aromatic rings. The van der Waals surface area contributed by atoms with E-state index in [2.05, 4.69) is 16.0 Å². The third kappa shape index (κ3) is 1.51. The van der Waals surface area contributed by atoms with Crippen LogP contribution in [0.1, 0.15) is 24.1 Å². The molecule has 2 heterocycles. The predicted molar refractivity (Wildman–Crippen MR) is 72.5 cm³/mol. The first-order valence-electron chi connectivity index (χ1n) is 6.49. The van der Waals surface area contributed by atoms with Crippen molar-refractivity contribution in [2.24, 2.45) is 0 Å². The summed E-state index contributed by atoms with van der Waals surface area (Å²) < 4.78 is 14.0. The summed E-state index contributed by atoms with van der Waals surface area (Å²) in [5.74, 6) is -0.119. The van der Waals surface area contributed by atoms with E-state index in [1.54, 1.807) is 12.3 Å². The van der Waals surface area contributed by atoms with Crippen LogP contribution in [0.25, 0.3) is 11.0 Å². The number of nitrogens with zero attached hydrogens (tertiary/aromatic N) is 1. The first kappa shape index (κ1) is 10.7. The van der Waals surface area contributed by atoms with Crippen LogP contribution in [0, 0.1) is 5.82 Å². The Bertz CT molecular complexity index is 723. The highest BCUT2D eigenvalue weighted by Crippen LogP contribution is 2.54. The molecular weight excluding hydrogens is 239 g/mol. The monoisotopic (exact) mass is 252 g/mol. The Kier molecular flexibility index (Phi) is 2.07. The number of rotatable bonds is 2. The molecule has 0 saturated heterocycles. The lowest BCUT2D eigenvalue weighted by atomic mass is 9.92. The molecule has 0 atom stereocenters. The zero-order chi connectivity index (χ0) is 12.9. The molecule has 0 bridgehead atoms. The van der Waals surface area contributed by atoms with E-state index in [1.807, 2.05) is 24.3 Å². The Balaban J connectivity index is 1.89. The molecule has 0 aliphatic heterocycles. The van der Waals surface area contributed by atoms with Gasteiger partial charge >= 0.3 is 0 Å². The third-order valence-electron chi connectivity index (χ3n) is 4.05. The summed E-state index contributed by atoms with van der Waals surface area (Å²) in [6.07, 6.45) is 3.74. The molecule has 94 valence electrons. The Morgan fingerprint density at radius 2 is 1.95 bits per heavy atom. The maximum absolute atomic E-state index is 14.0. The van der Waals surface area contributed by atoms with Gasteiger partial charge in [0.1, 0.15) is 11.5 Å².